The summed E-state index contributed by atoms with van der Waals surface area (Å²) in [6.07, 6.45) is 0. The predicted molar refractivity (Wildman–Crippen MR) is 90.2 cm³/mol. The zero-order chi connectivity index (χ0) is 17.7. The molecule has 0 spiro atoms. The molecule has 0 amide bonds. The van der Waals surface area contributed by atoms with Gasteiger partial charge >= 0.3 is 11.9 Å². The van der Waals surface area contributed by atoms with Crippen LogP contribution in [-0.4, -0.2) is 30.3 Å². The monoisotopic (exact) mass is 328 g/mol. The maximum Gasteiger partial charge on any atom is 0.342 e. The van der Waals surface area contributed by atoms with Crippen LogP contribution in [0.25, 0.3) is 11.1 Å². The van der Waals surface area contributed by atoms with Crippen molar-refractivity contribution in [1.82, 2.24) is 0 Å². The lowest BCUT2D eigenvalue weighted by Crippen LogP contribution is -2.12. The normalized spacial score (nSPS) is 10.3. The topological polar surface area (TPSA) is 72.8 Å². The van der Waals surface area contributed by atoms with Gasteiger partial charge < -0.3 is 14.6 Å². The highest BCUT2D eigenvalue weighted by Gasteiger charge is 2.26. The molecule has 2 aromatic rings. The van der Waals surface area contributed by atoms with Gasteiger partial charge in [0.15, 0.2) is 0 Å². The second kappa shape index (κ2) is 7.64. The number of hydrogen-bond acceptors (Lipinski definition) is 5. The number of rotatable bonds is 5. The van der Waals surface area contributed by atoms with Crippen molar-refractivity contribution >= 4 is 11.9 Å². The summed E-state index contributed by atoms with van der Waals surface area (Å²) in [5.41, 5.74) is 1.97. The molecule has 0 aromatic heterocycles. The minimum atomic E-state index is -0.683. The average Bonchev–Trinajstić information content (AvgIpc) is 2.56. The average molecular weight is 328 g/mol. The zero-order valence-corrected chi connectivity index (χ0v) is 14.0. The van der Waals surface area contributed by atoms with Gasteiger partial charge in [-0.2, -0.15) is 0 Å². The molecule has 24 heavy (non-hydrogen) atoms. The van der Waals surface area contributed by atoms with Crippen LogP contribution in [-0.2, 0) is 9.47 Å². The molecule has 2 aromatic carbocycles. The van der Waals surface area contributed by atoms with Crippen molar-refractivity contribution in [3.63, 3.8) is 0 Å². The van der Waals surface area contributed by atoms with Gasteiger partial charge in [-0.15, -0.1) is 0 Å². The lowest BCUT2D eigenvalue weighted by atomic mass is 9.92. The zero-order valence-electron chi connectivity index (χ0n) is 14.0. The Hall–Kier alpha value is -2.82. The molecule has 2 rings (SSSR count). The van der Waals surface area contributed by atoms with E-state index in [0.29, 0.717) is 11.1 Å². The minimum Gasteiger partial charge on any atom is -0.506 e. The van der Waals surface area contributed by atoms with Crippen LogP contribution >= 0.6 is 0 Å². The number of carbonyl (C=O) groups is 2. The standard InChI is InChI=1S/C19H20O5/c1-4-23-18(21)15-11-14(13-9-7-6-8-10-13)12(3)16(17(15)20)19(22)24-5-2/h6-11,20H,4-5H2,1-3H3. The third-order valence-electron chi connectivity index (χ3n) is 3.62. The van der Waals surface area contributed by atoms with Crippen LogP contribution in [0.5, 0.6) is 5.75 Å². The van der Waals surface area contributed by atoms with Gasteiger partial charge in [-0.1, -0.05) is 30.3 Å². The van der Waals surface area contributed by atoms with Gasteiger partial charge in [0.1, 0.15) is 16.9 Å². The van der Waals surface area contributed by atoms with Crippen molar-refractivity contribution in [3.8, 4) is 16.9 Å². The highest BCUT2D eigenvalue weighted by Crippen LogP contribution is 2.35. The molecule has 0 aliphatic rings. The number of phenols is 1. The second-order valence-electron chi connectivity index (χ2n) is 5.13. The van der Waals surface area contributed by atoms with Crippen molar-refractivity contribution in [2.75, 3.05) is 13.2 Å². The van der Waals surface area contributed by atoms with Gasteiger partial charge in [-0.05, 0) is 43.5 Å². The van der Waals surface area contributed by atoms with E-state index in [2.05, 4.69) is 0 Å². The number of hydrogen-bond donors (Lipinski definition) is 1. The van der Waals surface area contributed by atoms with Crippen molar-refractivity contribution in [3.05, 3.63) is 53.1 Å². The molecular weight excluding hydrogens is 308 g/mol. The highest BCUT2D eigenvalue weighted by atomic mass is 16.5. The van der Waals surface area contributed by atoms with E-state index in [4.69, 9.17) is 9.47 Å². The predicted octanol–water partition coefficient (Wildman–Crippen LogP) is 3.72. The largest absolute Gasteiger partial charge is 0.506 e. The second-order valence-corrected chi connectivity index (χ2v) is 5.13. The number of ether oxygens (including phenoxy) is 2. The van der Waals surface area contributed by atoms with E-state index in [1.165, 1.54) is 0 Å². The number of esters is 2. The van der Waals surface area contributed by atoms with E-state index in [9.17, 15) is 14.7 Å². The fourth-order valence-corrected chi connectivity index (χ4v) is 2.50. The van der Waals surface area contributed by atoms with Crippen LogP contribution in [0.3, 0.4) is 0 Å². The van der Waals surface area contributed by atoms with E-state index < -0.39 is 17.7 Å². The molecule has 0 aliphatic heterocycles. The molecule has 0 heterocycles. The van der Waals surface area contributed by atoms with Gasteiger partial charge in [0.25, 0.3) is 0 Å². The first kappa shape index (κ1) is 17.5. The smallest absolute Gasteiger partial charge is 0.342 e. The van der Waals surface area contributed by atoms with Crippen LogP contribution in [0, 0.1) is 6.92 Å². The number of carbonyl (C=O) groups excluding carboxylic acids is 2. The molecule has 1 N–H and O–H groups in total. The molecule has 5 heteroatoms. The van der Waals surface area contributed by atoms with E-state index in [-0.39, 0.29) is 24.3 Å². The van der Waals surface area contributed by atoms with Gasteiger partial charge in [0.2, 0.25) is 0 Å². The molecular formula is C19H20O5. The number of phenolic OH excluding ortho intramolecular Hbond substituents is 1. The summed E-state index contributed by atoms with van der Waals surface area (Å²) < 4.78 is 10.0. The van der Waals surface area contributed by atoms with Gasteiger partial charge in [0.05, 0.1) is 13.2 Å². The number of benzene rings is 2. The van der Waals surface area contributed by atoms with E-state index in [1.807, 2.05) is 30.3 Å². The lowest BCUT2D eigenvalue weighted by molar-refractivity contribution is 0.0518. The van der Waals surface area contributed by atoms with Crippen LogP contribution in [0.4, 0.5) is 0 Å². The van der Waals surface area contributed by atoms with Crippen molar-refractivity contribution in [1.29, 1.82) is 0 Å². The summed E-state index contributed by atoms with van der Waals surface area (Å²) in [6, 6.07) is 10.9. The first-order valence-electron chi connectivity index (χ1n) is 7.77. The summed E-state index contributed by atoms with van der Waals surface area (Å²) in [7, 11) is 0. The summed E-state index contributed by atoms with van der Waals surface area (Å²) in [5, 5.41) is 10.4. The molecule has 0 saturated carbocycles. The SMILES string of the molecule is CCOC(=O)c1cc(-c2ccccc2)c(C)c(C(=O)OCC)c1O. The third-order valence-corrected chi connectivity index (χ3v) is 3.62. The van der Waals surface area contributed by atoms with Crippen LogP contribution in [0.15, 0.2) is 36.4 Å². The summed E-state index contributed by atoms with van der Waals surface area (Å²) in [5.74, 6) is -1.77. The van der Waals surface area contributed by atoms with Gasteiger partial charge in [-0.25, -0.2) is 9.59 Å². The maximum atomic E-state index is 12.3. The Morgan fingerprint density at radius 3 is 2.17 bits per heavy atom. The fourth-order valence-electron chi connectivity index (χ4n) is 2.50. The minimum absolute atomic E-state index is 0.0127. The summed E-state index contributed by atoms with van der Waals surface area (Å²) in [4.78, 5) is 24.4. The highest BCUT2D eigenvalue weighted by molar-refractivity contribution is 6.03. The fraction of sp³-hybridized carbons (Fsp3) is 0.263. The Bertz CT molecular complexity index is 750. The van der Waals surface area contributed by atoms with Crippen molar-refractivity contribution in [2.24, 2.45) is 0 Å². The summed E-state index contributed by atoms with van der Waals surface area (Å²) >= 11 is 0. The molecule has 0 atom stereocenters. The Labute approximate surface area is 140 Å². The number of aromatic hydroxyl groups is 1. The molecule has 0 saturated heterocycles. The molecule has 0 radical (unpaired) electrons. The Morgan fingerprint density at radius 1 is 1.00 bits per heavy atom. The molecule has 0 unspecified atom stereocenters. The molecule has 126 valence electrons. The quantitative estimate of drug-likeness (QED) is 0.847. The molecule has 5 nitrogen and oxygen atoms in total. The van der Waals surface area contributed by atoms with Crippen molar-refractivity contribution < 1.29 is 24.2 Å². The van der Waals surface area contributed by atoms with Crippen molar-refractivity contribution in [2.45, 2.75) is 20.8 Å². The van der Waals surface area contributed by atoms with E-state index in [0.717, 1.165) is 5.56 Å². The Balaban J connectivity index is 2.72. The Morgan fingerprint density at radius 2 is 1.58 bits per heavy atom. The van der Waals surface area contributed by atoms with E-state index in [1.54, 1.807) is 26.8 Å². The van der Waals surface area contributed by atoms with Crippen LogP contribution in [0.2, 0.25) is 0 Å². The van der Waals surface area contributed by atoms with Crippen LogP contribution < -0.4 is 0 Å². The van der Waals surface area contributed by atoms with Crippen LogP contribution in [0.1, 0.15) is 40.1 Å². The van der Waals surface area contributed by atoms with E-state index >= 15 is 0 Å². The first-order chi connectivity index (χ1) is 11.5. The first-order valence-corrected chi connectivity index (χ1v) is 7.77. The summed E-state index contributed by atoms with van der Waals surface area (Å²) in [6.45, 7) is 5.40. The molecule has 0 fully saturated rings. The lowest BCUT2D eigenvalue weighted by Gasteiger charge is -2.16. The van der Waals surface area contributed by atoms with Gasteiger partial charge in [-0.3, -0.25) is 0 Å². The molecule has 0 aliphatic carbocycles. The Kier molecular flexibility index (Phi) is 5.58. The third kappa shape index (κ3) is 3.40. The van der Waals surface area contributed by atoms with Gasteiger partial charge in [0, 0.05) is 0 Å². The maximum absolute atomic E-state index is 12.3. The molecule has 0 bridgehead atoms.